The maximum atomic E-state index is 13.4. The molecule has 0 aromatic heterocycles. The van der Waals surface area contributed by atoms with Crippen molar-refractivity contribution >= 4 is 15.9 Å². The molecule has 0 bridgehead atoms. The van der Waals surface area contributed by atoms with E-state index in [1.807, 2.05) is 0 Å². The van der Waals surface area contributed by atoms with Crippen LogP contribution < -0.4 is 10.1 Å². The number of ether oxygens (including phenoxy) is 1. The average Bonchev–Trinajstić information content (AvgIpc) is 2.38. The van der Waals surface area contributed by atoms with Gasteiger partial charge in [0.25, 0.3) is 0 Å². The van der Waals surface area contributed by atoms with Crippen LogP contribution in [-0.2, 0) is 0 Å². The Labute approximate surface area is 121 Å². The van der Waals surface area contributed by atoms with E-state index in [0.717, 1.165) is 19.0 Å². The van der Waals surface area contributed by atoms with Crippen molar-refractivity contribution in [1.82, 2.24) is 5.32 Å². The van der Waals surface area contributed by atoms with Crippen LogP contribution in [-0.4, -0.2) is 19.7 Å². The molecule has 0 heterocycles. The van der Waals surface area contributed by atoms with Crippen molar-refractivity contribution in [3.63, 3.8) is 0 Å². The molecule has 0 fully saturated rings. The molecule has 1 aromatic carbocycles. The van der Waals surface area contributed by atoms with Crippen LogP contribution in [0.4, 0.5) is 8.78 Å². The van der Waals surface area contributed by atoms with Crippen molar-refractivity contribution in [3.8, 4) is 5.75 Å². The van der Waals surface area contributed by atoms with Crippen LogP contribution in [0, 0.1) is 11.6 Å². The maximum Gasteiger partial charge on any atom is 0.200 e. The van der Waals surface area contributed by atoms with Crippen molar-refractivity contribution in [2.24, 2.45) is 0 Å². The summed E-state index contributed by atoms with van der Waals surface area (Å²) < 4.78 is 32.1. The smallest absolute Gasteiger partial charge is 0.200 e. The van der Waals surface area contributed by atoms with Crippen molar-refractivity contribution in [2.45, 2.75) is 32.6 Å². The Hall–Kier alpha value is -0.680. The Kier molecular flexibility index (Phi) is 7.98. The van der Waals surface area contributed by atoms with Crippen molar-refractivity contribution in [2.75, 3.05) is 19.7 Å². The Morgan fingerprint density at radius 2 is 1.95 bits per heavy atom. The van der Waals surface area contributed by atoms with Gasteiger partial charge in [-0.05, 0) is 25.1 Å². The highest BCUT2D eigenvalue weighted by Crippen LogP contribution is 2.25. The quantitative estimate of drug-likeness (QED) is 0.537. The van der Waals surface area contributed by atoms with Crippen molar-refractivity contribution in [1.29, 1.82) is 0 Å². The molecule has 5 heteroatoms. The molecular weight excluding hydrogens is 316 g/mol. The van der Waals surface area contributed by atoms with Crippen LogP contribution in [0.25, 0.3) is 0 Å². The number of hydrogen-bond donors (Lipinski definition) is 1. The topological polar surface area (TPSA) is 21.3 Å². The van der Waals surface area contributed by atoms with Gasteiger partial charge in [0.05, 0.1) is 0 Å². The molecule has 0 amide bonds. The first kappa shape index (κ1) is 16.4. The normalized spacial score (nSPS) is 10.7. The first-order valence-corrected chi connectivity index (χ1v) is 7.42. The lowest BCUT2D eigenvalue weighted by molar-refractivity contribution is 0.292. The largest absolute Gasteiger partial charge is 0.489 e. The van der Waals surface area contributed by atoms with Gasteiger partial charge in [-0.2, -0.15) is 4.39 Å². The predicted molar refractivity (Wildman–Crippen MR) is 76.6 cm³/mol. The molecule has 2 nitrogen and oxygen atoms in total. The molecule has 0 spiro atoms. The van der Waals surface area contributed by atoms with Gasteiger partial charge in [0.2, 0.25) is 5.82 Å². The number of hydrogen-bond acceptors (Lipinski definition) is 2. The molecule has 0 saturated carbocycles. The van der Waals surface area contributed by atoms with Crippen LogP contribution in [0.15, 0.2) is 16.6 Å². The minimum atomic E-state index is -0.939. The van der Waals surface area contributed by atoms with Gasteiger partial charge in [0, 0.05) is 11.0 Å². The Bertz CT molecular complexity index is 388. The van der Waals surface area contributed by atoms with Crippen molar-refractivity contribution < 1.29 is 13.5 Å². The van der Waals surface area contributed by atoms with E-state index in [9.17, 15) is 8.78 Å². The Morgan fingerprint density at radius 1 is 1.16 bits per heavy atom. The molecule has 108 valence electrons. The van der Waals surface area contributed by atoms with E-state index in [2.05, 4.69) is 28.2 Å². The third-order valence-electron chi connectivity index (χ3n) is 2.70. The zero-order valence-corrected chi connectivity index (χ0v) is 12.7. The van der Waals surface area contributed by atoms with Gasteiger partial charge in [0.15, 0.2) is 11.6 Å². The number of nitrogens with one attached hydrogen (secondary N) is 1. The molecule has 1 aromatic rings. The fourth-order valence-electron chi connectivity index (χ4n) is 1.67. The second kappa shape index (κ2) is 9.26. The van der Waals surface area contributed by atoms with E-state index in [1.54, 1.807) is 0 Å². The third kappa shape index (κ3) is 6.34. The molecule has 0 aliphatic heterocycles. The van der Waals surface area contributed by atoms with Gasteiger partial charge < -0.3 is 10.1 Å². The summed E-state index contributed by atoms with van der Waals surface area (Å²) in [7, 11) is 0. The minimum Gasteiger partial charge on any atom is -0.489 e. The molecule has 0 atom stereocenters. The van der Waals surface area contributed by atoms with Crippen LogP contribution in [0.2, 0.25) is 0 Å². The summed E-state index contributed by atoms with van der Waals surface area (Å²) in [6, 6.07) is 2.51. The van der Waals surface area contributed by atoms with Crippen LogP contribution >= 0.6 is 15.9 Å². The van der Waals surface area contributed by atoms with E-state index >= 15 is 0 Å². The Morgan fingerprint density at radius 3 is 2.68 bits per heavy atom. The monoisotopic (exact) mass is 335 g/mol. The molecular formula is C14H20BrF2NO. The number of halogens is 3. The third-order valence-corrected chi connectivity index (χ3v) is 3.16. The fraction of sp³-hybridized carbons (Fsp3) is 0.571. The number of rotatable bonds is 9. The molecule has 0 unspecified atom stereocenters. The summed E-state index contributed by atoms with van der Waals surface area (Å²) in [6.45, 7) is 4.05. The van der Waals surface area contributed by atoms with Crippen LogP contribution in [0.5, 0.6) is 5.75 Å². The van der Waals surface area contributed by atoms with Gasteiger partial charge in [-0.1, -0.05) is 42.1 Å². The van der Waals surface area contributed by atoms with Gasteiger partial charge >= 0.3 is 0 Å². The molecule has 19 heavy (non-hydrogen) atoms. The average molecular weight is 336 g/mol. The highest BCUT2D eigenvalue weighted by molar-refractivity contribution is 9.10. The molecule has 0 saturated heterocycles. The number of benzene rings is 1. The van der Waals surface area contributed by atoms with Crippen molar-refractivity contribution in [3.05, 3.63) is 28.2 Å². The molecule has 0 aliphatic rings. The summed E-state index contributed by atoms with van der Waals surface area (Å²) >= 11 is 3.10. The summed E-state index contributed by atoms with van der Waals surface area (Å²) in [4.78, 5) is 0. The fourth-order valence-corrected chi connectivity index (χ4v) is 2.08. The second-order valence-corrected chi connectivity index (χ2v) is 5.27. The SMILES string of the molecule is CCCCCCNCCOc1cc(Br)cc(F)c1F. The lowest BCUT2D eigenvalue weighted by Gasteiger charge is -2.09. The zero-order valence-electron chi connectivity index (χ0n) is 11.1. The van der Waals surface area contributed by atoms with E-state index in [-0.39, 0.29) is 5.75 Å². The first-order valence-electron chi connectivity index (χ1n) is 6.63. The lowest BCUT2D eigenvalue weighted by atomic mass is 10.2. The molecule has 0 aliphatic carbocycles. The Balaban J connectivity index is 2.19. The van der Waals surface area contributed by atoms with E-state index < -0.39 is 11.6 Å². The summed E-state index contributed by atoms with van der Waals surface area (Å²) in [5.74, 6) is -1.90. The van der Waals surface area contributed by atoms with E-state index in [1.165, 1.54) is 25.3 Å². The van der Waals surface area contributed by atoms with Crippen LogP contribution in [0.3, 0.4) is 0 Å². The van der Waals surface area contributed by atoms with Crippen LogP contribution in [0.1, 0.15) is 32.6 Å². The summed E-state index contributed by atoms with van der Waals surface area (Å²) in [5, 5.41) is 3.21. The van der Waals surface area contributed by atoms with Gasteiger partial charge in [-0.3, -0.25) is 0 Å². The highest BCUT2D eigenvalue weighted by Gasteiger charge is 2.10. The first-order chi connectivity index (χ1) is 9.15. The zero-order chi connectivity index (χ0) is 14.1. The van der Waals surface area contributed by atoms with E-state index in [0.29, 0.717) is 17.6 Å². The lowest BCUT2D eigenvalue weighted by Crippen LogP contribution is -2.22. The maximum absolute atomic E-state index is 13.4. The summed E-state index contributed by atoms with van der Waals surface area (Å²) in [5.41, 5.74) is 0. The highest BCUT2D eigenvalue weighted by atomic mass is 79.9. The predicted octanol–water partition coefficient (Wildman–Crippen LogP) is 4.28. The molecule has 1 N–H and O–H groups in total. The molecule has 1 rings (SSSR count). The van der Waals surface area contributed by atoms with E-state index in [4.69, 9.17) is 4.74 Å². The molecule has 0 radical (unpaired) electrons. The van der Waals surface area contributed by atoms with Gasteiger partial charge in [-0.25, -0.2) is 4.39 Å². The standard InChI is InChI=1S/C14H20BrF2NO/c1-2-3-4-5-6-18-7-8-19-13-10-11(15)9-12(16)14(13)17/h9-10,18H,2-8H2,1H3. The second-order valence-electron chi connectivity index (χ2n) is 4.36. The summed E-state index contributed by atoms with van der Waals surface area (Å²) in [6.07, 6.45) is 4.82. The van der Waals surface area contributed by atoms with Gasteiger partial charge in [-0.15, -0.1) is 0 Å². The number of unbranched alkanes of at least 4 members (excludes halogenated alkanes) is 3. The minimum absolute atomic E-state index is 0.0559. The van der Waals surface area contributed by atoms with Gasteiger partial charge in [0.1, 0.15) is 6.61 Å².